The van der Waals surface area contributed by atoms with Gasteiger partial charge in [0.25, 0.3) is 0 Å². The van der Waals surface area contributed by atoms with Crippen LogP contribution >= 0.6 is 0 Å². The Bertz CT molecular complexity index is 939. The number of hydrogen-bond acceptors (Lipinski definition) is 3. The highest BCUT2D eigenvalue weighted by Gasteiger charge is 2.36. The molecule has 0 saturated carbocycles. The monoisotopic (exact) mass is 355 g/mol. The summed E-state index contributed by atoms with van der Waals surface area (Å²) in [7, 11) is 0. The van der Waals surface area contributed by atoms with Gasteiger partial charge in [-0.25, -0.2) is 4.98 Å². The first-order chi connectivity index (χ1) is 12.4. The van der Waals surface area contributed by atoms with Crippen molar-refractivity contribution in [2.24, 2.45) is 0 Å². The van der Waals surface area contributed by atoms with Crippen LogP contribution in [-0.4, -0.2) is 11.7 Å². The van der Waals surface area contributed by atoms with Crippen LogP contribution in [0, 0.1) is 6.92 Å². The molecule has 0 spiro atoms. The van der Waals surface area contributed by atoms with E-state index in [1.165, 1.54) is 6.07 Å². The van der Waals surface area contributed by atoms with E-state index in [0.717, 1.165) is 23.1 Å². The summed E-state index contributed by atoms with van der Waals surface area (Å²) in [6.45, 7) is 2.35. The topological polar surface area (TPSA) is 19.4 Å². The van der Waals surface area contributed by atoms with Crippen LogP contribution in [0.5, 0.6) is 0 Å². The van der Waals surface area contributed by atoms with E-state index in [9.17, 15) is 13.2 Å². The smallest absolute Gasteiger partial charge is 0.319 e. The molecule has 1 aromatic heterocycles. The first kappa shape index (κ1) is 16.4. The van der Waals surface area contributed by atoms with Crippen LogP contribution in [0.4, 0.5) is 36.1 Å². The Hall–Kier alpha value is -3.02. The molecule has 1 aliphatic rings. The molecule has 3 aromatic rings. The van der Waals surface area contributed by atoms with Gasteiger partial charge in [0.2, 0.25) is 0 Å². The molecule has 132 valence electrons. The SMILES string of the molecule is Cc1ccccc1N1CN(c2ccccc2)c2ncc(C(F)(F)F)cc21. The van der Waals surface area contributed by atoms with E-state index in [-0.39, 0.29) is 0 Å². The largest absolute Gasteiger partial charge is 0.417 e. The van der Waals surface area contributed by atoms with Gasteiger partial charge in [-0.2, -0.15) is 13.2 Å². The standard InChI is InChI=1S/C20H16F3N3/c1-14-7-5-6-10-17(14)26-13-25(16-8-3-2-4-9-16)19-18(26)11-15(12-24-19)20(21,22)23/h2-12H,13H2,1H3. The maximum Gasteiger partial charge on any atom is 0.417 e. The summed E-state index contributed by atoms with van der Waals surface area (Å²) >= 11 is 0. The summed E-state index contributed by atoms with van der Waals surface area (Å²) in [6.07, 6.45) is -3.53. The molecule has 0 N–H and O–H groups in total. The van der Waals surface area contributed by atoms with Crippen LogP contribution in [0.1, 0.15) is 11.1 Å². The number of aromatic nitrogens is 1. The number of para-hydroxylation sites is 2. The minimum atomic E-state index is -4.43. The predicted molar refractivity (Wildman–Crippen MR) is 96.0 cm³/mol. The molecule has 2 heterocycles. The molecular formula is C20H16F3N3. The Morgan fingerprint density at radius 2 is 1.58 bits per heavy atom. The number of fused-ring (bicyclic) bond motifs is 1. The Morgan fingerprint density at radius 1 is 0.885 bits per heavy atom. The minimum absolute atomic E-state index is 0.401. The van der Waals surface area contributed by atoms with Crippen molar-refractivity contribution in [3.8, 4) is 0 Å². The maximum atomic E-state index is 13.2. The van der Waals surface area contributed by atoms with Crippen LogP contribution in [0.3, 0.4) is 0 Å². The van der Waals surface area contributed by atoms with E-state index in [2.05, 4.69) is 4.98 Å². The Morgan fingerprint density at radius 3 is 2.27 bits per heavy atom. The van der Waals surface area contributed by atoms with Crippen molar-refractivity contribution in [1.29, 1.82) is 0 Å². The first-order valence-corrected chi connectivity index (χ1v) is 8.18. The van der Waals surface area contributed by atoms with E-state index < -0.39 is 11.7 Å². The summed E-state index contributed by atoms with van der Waals surface area (Å²) in [6, 6.07) is 18.4. The molecular weight excluding hydrogens is 339 g/mol. The lowest BCUT2D eigenvalue weighted by Crippen LogP contribution is -2.24. The second-order valence-corrected chi connectivity index (χ2v) is 6.18. The zero-order chi connectivity index (χ0) is 18.3. The first-order valence-electron chi connectivity index (χ1n) is 8.18. The molecule has 0 atom stereocenters. The summed E-state index contributed by atoms with van der Waals surface area (Å²) in [5, 5.41) is 0. The molecule has 0 saturated heterocycles. The third kappa shape index (κ3) is 2.77. The number of rotatable bonds is 2. The van der Waals surface area contributed by atoms with Gasteiger partial charge >= 0.3 is 6.18 Å². The van der Waals surface area contributed by atoms with Gasteiger partial charge in [0.05, 0.1) is 11.3 Å². The molecule has 0 fully saturated rings. The number of benzene rings is 2. The Kier molecular flexibility index (Phi) is 3.83. The van der Waals surface area contributed by atoms with Crippen LogP contribution < -0.4 is 9.80 Å². The highest BCUT2D eigenvalue weighted by molar-refractivity contribution is 5.85. The van der Waals surface area contributed by atoms with Crippen molar-refractivity contribution in [1.82, 2.24) is 4.98 Å². The lowest BCUT2D eigenvalue weighted by molar-refractivity contribution is -0.137. The number of nitrogens with zero attached hydrogens (tertiary/aromatic N) is 3. The number of pyridine rings is 1. The lowest BCUT2D eigenvalue weighted by atomic mass is 10.1. The summed E-state index contributed by atoms with van der Waals surface area (Å²) < 4.78 is 39.6. The highest BCUT2D eigenvalue weighted by atomic mass is 19.4. The van der Waals surface area contributed by atoms with Crippen LogP contribution in [0.15, 0.2) is 66.9 Å². The molecule has 26 heavy (non-hydrogen) atoms. The summed E-state index contributed by atoms with van der Waals surface area (Å²) in [5.41, 5.74) is 2.46. The van der Waals surface area contributed by atoms with Gasteiger partial charge in [-0.1, -0.05) is 36.4 Å². The van der Waals surface area contributed by atoms with Crippen molar-refractivity contribution in [3.05, 3.63) is 78.0 Å². The van der Waals surface area contributed by atoms with Crippen molar-refractivity contribution in [2.45, 2.75) is 13.1 Å². The number of hydrogen-bond donors (Lipinski definition) is 0. The fourth-order valence-corrected chi connectivity index (χ4v) is 3.18. The number of aryl methyl sites for hydroxylation is 1. The zero-order valence-electron chi connectivity index (χ0n) is 14.0. The fraction of sp³-hybridized carbons (Fsp3) is 0.150. The van der Waals surface area contributed by atoms with Crippen molar-refractivity contribution < 1.29 is 13.2 Å². The van der Waals surface area contributed by atoms with E-state index in [1.54, 1.807) is 0 Å². The second kappa shape index (κ2) is 6.05. The lowest BCUT2D eigenvalue weighted by Gasteiger charge is -2.23. The maximum absolute atomic E-state index is 13.2. The number of anilines is 4. The second-order valence-electron chi connectivity index (χ2n) is 6.18. The molecule has 0 aliphatic carbocycles. The van der Waals surface area contributed by atoms with Crippen molar-refractivity contribution in [2.75, 3.05) is 16.5 Å². The van der Waals surface area contributed by atoms with E-state index in [0.29, 0.717) is 18.2 Å². The average Bonchev–Trinajstić information content (AvgIpc) is 3.01. The molecule has 4 rings (SSSR count). The molecule has 2 aromatic carbocycles. The van der Waals surface area contributed by atoms with E-state index in [4.69, 9.17) is 0 Å². The quantitative estimate of drug-likeness (QED) is 0.592. The number of alkyl halides is 3. The molecule has 0 unspecified atom stereocenters. The Labute approximate surface area is 149 Å². The molecule has 0 bridgehead atoms. The fourth-order valence-electron chi connectivity index (χ4n) is 3.18. The van der Waals surface area contributed by atoms with Gasteiger partial charge in [-0.3, -0.25) is 0 Å². The van der Waals surface area contributed by atoms with Gasteiger partial charge < -0.3 is 9.80 Å². The third-order valence-corrected chi connectivity index (χ3v) is 4.48. The Balaban J connectivity index is 1.87. The van der Waals surface area contributed by atoms with Gasteiger partial charge in [0, 0.05) is 17.6 Å². The van der Waals surface area contributed by atoms with Crippen LogP contribution in [0.25, 0.3) is 0 Å². The zero-order valence-corrected chi connectivity index (χ0v) is 14.0. The molecule has 3 nitrogen and oxygen atoms in total. The minimum Gasteiger partial charge on any atom is -0.319 e. The normalized spacial score (nSPS) is 13.8. The van der Waals surface area contributed by atoms with Gasteiger partial charge in [-0.15, -0.1) is 0 Å². The van der Waals surface area contributed by atoms with Gasteiger partial charge in [0.15, 0.2) is 5.82 Å². The summed E-state index contributed by atoms with van der Waals surface area (Å²) in [4.78, 5) is 7.95. The molecule has 6 heteroatoms. The van der Waals surface area contributed by atoms with Gasteiger partial charge in [-0.05, 0) is 36.8 Å². The highest BCUT2D eigenvalue weighted by Crippen LogP contribution is 2.45. The van der Waals surface area contributed by atoms with Gasteiger partial charge in [0.1, 0.15) is 6.67 Å². The van der Waals surface area contributed by atoms with Crippen LogP contribution in [0.2, 0.25) is 0 Å². The summed E-state index contributed by atoms with van der Waals surface area (Å²) in [5.74, 6) is 0.521. The van der Waals surface area contributed by atoms with Crippen molar-refractivity contribution in [3.63, 3.8) is 0 Å². The van der Waals surface area contributed by atoms with Crippen molar-refractivity contribution >= 4 is 22.9 Å². The van der Waals surface area contributed by atoms with E-state index in [1.807, 2.05) is 71.3 Å². The molecule has 0 radical (unpaired) electrons. The molecule has 1 aliphatic heterocycles. The van der Waals surface area contributed by atoms with Crippen LogP contribution in [-0.2, 0) is 6.18 Å². The predicted octanol–water partition coefficient (Wildman–Crippen LogP) is 5.66. The average molecular weight is 355 g/mol. The molecule has 0 amide bonds. The third-order valence-electron chi connectivity index (χ3n) is 4.48. The number of halogens is 3. The van der Waals surface area contributed by atoms with E-state index >= 15 is 0 Å².